The second kappa shape index (κ2) is 19.4. The molecule has 2 heterocycles. The van der Waals surface area contributed by atoms with E-state index in [0.29, 0.717) is 11.8 Å². The van der Waals surface area contributed by atoms with E-state index in [0.717, 1.165) is 0 Å². The first-order valence-corrected chi connectivity index (χ1v) is 24.7. The summed E-state index contributed by atoms with van der Waals surface area (Å²) in [6, 6.07) is 5.07. The Balaban J connectivity index is 2.35. The molecule has 0 saturated carbocycles. The zero-order valence-electron chi connectivity index (χ0n) is 28.1. The monoisotopic (exact) mass is 1020 g/mol. The zero-order chi connectivity index (χ0) is 45.2. The lowest BCUT2D eigenvalue weighted by molar-refractivity contribution is -0.325. The summed E-state index contributed by atoms with van der Waals surface area (Å²) in [5.74, 6) is 0.222. The number of rotatable bonds is 21. The van der Waals surface area contributed by atoms with Crippen molar-refractivity contribution in [2.75, 3.05) is 20.3 Å². The van der Waals surface area contributed by atoms with E-state index in [9.17, 15) is 86.2 Å². The summed E-state index contributed by atoms with van der Waals surface area (Å²) in [6.07, 6.45) is -26.5. The summed E-state index contributed by atoms with van der Waals surface area (Å²) in [5, 5.41) is 0. The van der Waals surface area contributed by atoms with Gasteiger partial charge in [0, 0.05) is 4.90 Å². The second-order valence-electron chi connectivity index (χ2n) is 10.8. The molecule has 0 aliphatic carbocycles. The minimum Gasteiger partial charge on any atom is -0.497 e. The molecule has 32 nitrogen and oxygen atoms in total. The van der Waals surface area contributed by atoms with Crippen molar-refractivity contribution in [3.8, 4) is 5.75 Å². The molecule has 1 aromatic carbocycles. The van der Waals surface area contributed by atoms with Crippen molar-refractivity contribution in [1.29, 1.82) is 0 Å². The largest absolute Gasteiger partial charge is 0.497 e. The first-order valence-electron chi connectivity index (χ1n) is 14.3. The van der Waals surface area contributed by atoms with Gasteiger partial charge in [0.25, 0.3) is 0 Å². The third kappa shape index (κ3) is 18.3. The maximum atomic E-state index is 12.2. The van der Waals surface area contributed by atoms with E-state index >= 15 is 0 Å². The fourth-order valence-corrected chi connectivity index (χ4v) is 9.16. The third-order valence-corrected chi connectivity index (χ3v) is 11.1. The highest BCUT2D eigenvalue weighted by Gasteiger charge is 2.58. The van der Waals surface area contributed by atoms with Crippen molar-refractivity contribution in [2.45, 2.75) is 65.5 Å². The molecular weight excluding hydrogens is 997 g/mol. The molecule has 59 heavy (non-hydrogen) atoms. The molecule has 0 aromatic heterocycles. The van der Waals surface area contributed by atoms with Crippen LogP contribution in [0, 0.1) is 0 Å². The van der Waals surface area contributed by atoms with Crippen LogP contribution in [0.2, 0.25) is 0 Å². The van der Waals surface area contributed by atoms with Gasteiger partial charge in [0.2, 0.25) is 0 Å². The average molecular weight is 1020 g/mol. The third-order valence-electron chi connectivity index (χ3n) is 6.71. The van der Waals surface area contributed by atoms with Crippen LogP contribution < -0.4 is 4.74 Å². The Bertz CT molecular complexity index is 2400. The quantitative estimate of drug-likeness (QED) is 0.0581. The fraction of sp³-hybridized carbons (Fsp3) is 0.684. The fourth-order valence-electron chi connectivity index (χ4n) is 4.89. The average Bonchev–Trinajstić information content (AvgIpc) is 3.01. The highest BCUT2D eigenvalue weighted by atomic mass is 32.3. The molecular formula is C19H28O32S8. The van der Waals surface area contributed by atoms with Crippen LogP contribution in [0.3, 0.4) is 0 Å². The lowest BCUT2D eigenvalue weighted by Gasteiger charge is -2.48. The summed E-state index contributed by atoms with van der Waals surface area (Å²) < 4.78 is 283. The van der Waals surface area contributed by atoms with Crippen molar-refractivity contribution in [3.05, 3.63) is 24.3 Å². The molecule has 0 unspecified atom stereocenters. The Labute approximate surface area is 337 Å². The maximum Gasteiger partial charge on any atom is 0.397 e. The van der Waals surface area contributed by atoms with Crippen molar-refractivity contribution in [1.82, 2.24) is 0 Å². The first kappa shape index (κ1) is 51.7. The minimum absolute atomic E-state index is 0.0214. The van der Waals surface area contributed by atoms with E-state index < -0.39 is 147 Å². The van der Waals surface area contributed by atoms with Gasteiger partial charge in [-0.15, -0.1) is 0 Å². The van der Waals surface area contributed by atoms with E-state index in [1.165, 1.54) is 31.4 Å². The summed E-state index contributed by atoms with van der Waals surface area (Å²) in [5.41, 5.74) is -2.14. The molecule has 10 atom stereocenters. The Morgan fingerprint density at radius 2 is 0.864 bits per heavy atom. The standard InChI is InChI=1S/C19H28O32S8/c1-41-8-2-4-9(5-3-8)52-19-17(51-59(38,39)40)14(48-56(29,30)31)12(10(45-19)6-42-53(20,21)22)46-18-16(50-58(35,36)37)15(49-57(32,33)34)13(47-55(26,27)28)11(44-18)7-43-54(23,24)25/h2-5,10-19H,6-7H2,1H3,(H,20,21,22)(H,23,24,25)(H,26,27,28)(H,29,30,31)(H,32,33,34)(H,35,36,37)(H,38,39,40)/t10-,11-,12-,13-,14+,15+,16-,17-,18-,19+/m1/s1. The number of hydrogen-bond acceptors (Lipinski definition) is 26. The van der Waals surface area contributed by atoms with Crippen LogP contribution in [-0.4, -0.2) is 172 Å². The molecule has 0 spiro atoms. The minimum atomic E-state index is -6.11. The molecule has 7 N–H and O–H groups in total. The van der Waals surface area contributed by atoms with Crippen LogP contribution in [0.25, 0.3) is 0 Å². The van der Waals surface area contributed by atoms with Crippen LogP contribution in [0.1, 0.15) is 0 Å². The highest BCUT2D eigenvalue weighted by Crippen LogP contribution is 2.41. The second-order valence-corrected chi connectivity index (χ2v) is 19.4. The number of ether oxygens (including phenoxy) is 4. The van der Waals surface area contributed by atoms with Gasteiger partial charge >= 0.3 is 72.8 Å². The molecule has 2 fully saturated rings. The maximum absolute atomic E-state index is 12.2. The molecule has 1 aromatic rings. The van der Waals surface area contributed by atoms with Crippen molar-refractivity contribution < 1.29 is 139 Å². The van der Waals surface area contributed by atoms with Crippen LogP contribution >= 0.6 is 11.8 Å². The van der Waals surface area contributed by atoms with E-state index in [1.54, 1.807) is 0 Å². The van der Waals surface area contributed by atoms with Gasteiger partial charge in [0.05, 0.1) is 20.3 Å². The molecule has 40 heteroatoms. The van der Waals surface area contributed by atoms with Crippen LogP contribution in [0.4, 0.5) is 0 Å². The number of methoxy groups -OCH3 is 1. The van der Waals surface area contributed by atoms with Gasteiger partial charge in [-0.05, 0) is 24.3 Å². The SMILES string of the molecule is COc1ccc(S[C@@H]2O[C@H](COS(=O)(=O)O)[C@@H](O[C@H]3O[C@H](COS(=O)(=O)O)[C@@H](OS(=O)(=O)O)[C@H](OS(=O)(=O)O)[C@H]3OS(=O)(=O)O)[C@H](OS(=O)(=O)O)[C@H]2OS(=O)(=O)O)cc1. The van der Waals surface area contributed by atoms with Crippen LogP contribution in [0.15, 0.2) is 29.2 Å². The van der Waals surface area contributed by atoms with Gasteiger partial charge in [0.15, 0.2) is 12.4 Å². The zero-order valence-corrected chi connectivity index (χ0v) is 34.6. The van der Waals surface area contributed by atoms with Gasteiger partial charge < -0.3 is 18.9 Å². The Kier molecular flexibility index (Phi) is 17.0. The molecule has 3 rings (SSSR count). The van der Waals surface area contributed by atoms with E-state index in [1.807, 2.05) is 0 Å². The normalized spacial score (nSPS) is 29.2. The summed E-state index contributed by atoms with van der Waals surface area (Å²) in [7, 11) is -40.0. The number of benzene rings is 1. The lowest BCUT2D eigenvalue weighted by atomic mass is 9.97. The van der Waals surface area contributed by atoms with Crippen LogP contribution in [0.5, 0.6) is 5.75 Å². The topological polar surface area (TPSA) is 482 Å². The predicted octanol–water partition coefficient (Wildman–Crippen LogP) is -3.80. The molecule has 0 amide bonds. The number of thioether (sulfide) groups is 1. The van der Waals surface area contributed by atoms with Crippen LogP contribution in [-0.2, 0) is 116 Å². The van der Waals surface area contributed by atoms with E-state index in [2.05, 4.69) is 29.3 Å². The highest BCUT2D eigenvalue weighted by molar-refractivity contribution is 7.99. The smallest absolute Gasteiger partial charge is 0.397 e. The molecule has 2 saturated heterocycles. The van der Waals surface area contributed by atoms with Gasteiger partial charge in [-0.25, -0.2) is 29.3 Å². The molecule has 2 aliphatic rings. The van der Waals surface area contributed by atoms with Gasteiger partial charge in [-0.2, -0.15) is 58.9 Å². The van der Waals surface area contributed by atoms with Crippen molar-refractivity contribution in [3.63, 3.8) is 0 Å². The molecule has 344 valence electrons. The Hall–Kier alpha value is -1.66. The lowest BCUT2D eigenvalue weighted by Crippen LogP contribution is -2.66. The first-order chi connectivity index (χ1) is 26.5. The van der Waals surface area contributed by atoms with E-state index in [4.69, 9.17) is 23.5 Å². The van der Waals surface area contributed by atoms with Crippen molar-refractivity contribution in [2.24, 2.45) is 0 Å². The van der Waals surface area contributed by atoms with Gasteiger partial charge in [-0.3, -0.25) is 31.9 Å². The van der Waals surface area contributed by atoms with Gasteiger partial charge in [-0.1, -0.05) is 11.8 Å². The molecule has 2 aliphatic heterocycles. The predicted molar refractivity (Wildman–Crippen MR) is 178 cm³/mol. The van der Waals surface area contributed by atoms with Crippen molar-refractivity contribution >= 4 is 84.6 Å². The number of hydrogen-bond donors (Lipinski definition) is 7. The molecule has 0 radical (unpaired) electrons. The summed E-state index contributed by atoms with van der Waals surface area (Å²) in [6.45, 7) is -3.47. The van der Waals surface area contributed by atoms with E-state index in [-0.39, 0.29) is 10.6 Å². The molecule has 0 bridgehead atoms. The summed E-state index contributed by atoms with van der Waals surface area (Å²) in [4.78, 5) is 0.0214. The Morgan fingerprint density at radius 3 is 1.27 bits per heavy atom. The van der Waals surface area contributed by atoms with Gasteiger partial charge in [0.1, 0.15) is 53.9 Å². The summed E-state index contributed by atoms with van der Waals surface area (Å²) >= 11 is 0.343. The Morgan fingerprint density at radius 1 is 0.492 bits per heavy atom.